The maximum atomic E-state index is 11.2. The van der Waals surface area contributed by atoms with Gasteiger partial charge in [-0.2, -0.15) is 0 Å². The first kappa shape index (κ1) is 9.98. The van der Waals surface area contributed by atoms with Gasteiger partial charge in [0.05, 0.1) is 10.9 Å². The zero-order valence-corrected chi connectivity index (χ0v) is 8.64. The van der Waals surface area contributed by atoms with Crippen molar-refractivity contribution >= 4 is 17.4 Å². The van der Waals surface area contributed by atoms with Gasteiger partial charge in [0.25, 0.3) is 0 Å². The number of aromatic nitrogens is 1. The van der Waals surface area contributed by atoms with Crippen molar-refractivity contribution < 1.29 is 9.53 Å². The van der Waals surface area contributed by atoms with Gasteiger partial charge in [0.15, 0.2) is 0 Å². The lowest BCUT2D eigenvalue weighted by molar-refractivity contribution is 0.189. The van der Waals surface area contributed by atoms with E-state index >= 15 is 0 Å². The van der Waals surface area contributed by atoms with Crippen LogP contribution in [0.15, 0.2) is 10.9 Å². The molecule has 1 rings (SSSR count). The molecule has 0 aromatic carbocycles. The second-order valence-electron chi connectivity index (χ2n) is 3.59. The van der Waals surface area contributed by atoms with E-state index in [1.807, 2.05) is 20.8 Å². The van der Waals surface area contributed by atoms with Crippen molar-refractivity contribution in [3.63, 3.8) is 0 Å². The smallest absolute Gasteiger partial charge is 0.390 e. The molecule has 0 aliphatic heterocycles. The Labute approximate surface area is 80.9 Å². The Balaban J connectivity index is 2.43. The van der Waals surface area contributed by atoms with E-state index in [9.17, 15) is 4.79 Å². The summed E-state index contributed by atoms with van der Waals surface area (Å²) in [6.45, 7) is 5.65. The van der Waals surface area contributed by atoms with Gasteiger partial charge in [0, 0.05) is 5.54 Å². The van der Waals surface area contributed by atoms with Crippen LogP contribution in [0.25, 0.3) is 0 Å². The molecule has 0 saturated heterocycles. The van der Waals surface area contributed by atoms with E-state index in [0.717, 1.165) is 0 Å². The van der Waals surface area contributed by atoms with E-state index in [1.54, 1.807) is 10.9 Å². The first-order valence-corrected chi connectivity index (χ1v) is 4.80. The number of carbonyl (C=O) groups is 1. The molecule has 0 aliphatic rings. The van der Waals surface area contributed by atoms with Crippen molar-refractivity contribution in [2.24, 2.45) is 0 Å². The minimum atomic E-state index is -0.474. The van der Waals surface area contributed by atoms with Crippen LogP contribution in [0.2, 0.25) is 0 Å². The number of carbonyl (C=O) groups excluding carboxylic acids is 1. The second-order valence-corrected chi connectivity index (χ2v) is 4.31. The Bertz CT molecular complexity index is 277. The van der Waals surface area contributed by atoms with Crippen LogP contribution < -0.4 is 10.1 Å². The molecule has 4 nitrogen and oxygen atoms in total. The topological polar surface area (TPSA) is 51.2 Å². The standard InChI is InChI=1S/C8H12N2O2S/c1-8(2,3)10-7(11)12-6-4-13-5-9-6/h4-5H,1-3H3,(H,10,11). The fraction of sp³-hybridized carbons (Fsp3) is 0.500. The highest BCUT2D eigenvalue weighted by Crippen LogP contribution is 2.10. The van der Waals surface area contributed by atoms with Crippen molar-refractivity contribution in [2.45, 2.75) is 26.3 Å². The summed E-state index contributed by atoms with van der Waals surface area (Å²) >= 11 is 1.38. The number of ether oxygens (including phenoxy) is 1. The molecule has 0 spiro atoms. The van der Waals surface area contributed by atoms with Crippen molar-refractivity contribution in [3.05, 3.63) is 10.9 Å². The first-order valence-electron chi connectivity index (χ1n) is 3.85. The maximum Gasteiger partial charge on any atom is 0.414 e. The van der Waals surface area contributed by atoms with Crippen LogP contribution in [-0.2, 0) is 0 Å². The molecular formula is C8H12N2O2S. The third-order valence-electron chi connectivity index (χ3n) is 1.08. The molecule has 13 heavy (non-hydrogen) atoms. The zero-order chi connectivity index (χ0) is 9.90. The number of nitrogens with zero attached hydrogens (tertiary/aromatic N) is 1. The van der Waals surface area contributed by atoms with Crippen molar-refractivity contribution in [3.8, 4) is 5.88 Å². The highest BCUT2D eigenvalue weighted by Gasteiger charge is 2.15. The number of hydrogen-bond donors (Lipinski definition) is 1. The molecule has 0 aliphatic carbocycles. The Hall–Kier alpha value is -1.10. The van der Waals surface area contributed by atoms with Gasteiger partial charge in [-0.3, -0.25) is 0 Å². The number of thiazole rings is 1. The summed E-state index contributed by atoms with van der Waals surface area (Å²) in [7, 11) is 0. The van der Waals surface area contributed by atoms with Crippen LogP contribution in [0, 0.1) is 0 Å². The summed E-state index contributed by atoms with van der Waals surface area (Å²) in [5.74, 6) is 0.340. The Kier molecular flexibility index (Phi) is 2.87. The molecule has 0 atom stereocenters. The summed E-state index contributed by atoms with van der Waals surface area (Å²) in [5, 5.41) is 4.33. The minimum absolute atomic E-state index is 0.285. The summed E-state index contributed by atoms with van der Waals surface area (Å²) in [5.41, 5.74) is 1.33. The lowest BCUT2D eigenvalue weighted by Crippen LogP contribution is -2.42. The summed E-state index contributed by atoms with van der Waals surface area (Å²) < 4.78 is 4.88. The lowest BCUT2D eigenvalue weighted by atomic mass is 10.1. The Morgan fingerprint density at radius 2 is 2.31 bits per heavy atom. The summed E-state index contributed by atoms with van der Waals surface area (Å²) in [6, 6.07) is 0. The summed E-state index contributed by atoms with van der Waals surface area (Å²) in [6.07, 6.45) is -0.474. The van der Waals surface area contributed by atoms with Gasteiger partial charge >= 0.3 is 6.09 Å². The molecule has 0 bridgehead atoms. The van der Waals surface area contributed by atoms with E-state index in [2.05, 4.69) is 10.3 Å². The van der Waals surface area contributed by atoms with E-state index in [4.69, 9.17) is 4.74 Å². The van der Waals surface area contributed by atoms with Crippen molar-refractivity contribution in [1.29, 1.82) is 0 Å². The molecule has 1 aromatic rings. The van der Waals surface area contributed by atoms with Crippen LogP contribution in [0.1, 0.15) is 20.8 Å². The third kappa shape index (κ3) is 3.89. The lowest BCUT2D eigenvalue weighted by Gasteiger charge is -2.19. The van der Waals surface area contributed by atoms with Crippen LogP contribution >= 0.6 is 11.3 Å². The molecule has 0 fully saturated rings. The van der Waals surface area contributed by atoms with E-state index in [-0.39, 0.29) is 5.54 Å². The number of nitrogens with one attached hydrogen (secondary N) is 1. The fourth-order valence-corrected chi connectivity index (χ4v) is 1.13. The largest absolute Gasteiger partial charge is 0.414 e. The molecule has 5 heteroatoms. The van der Waals surface area contributed by atoms with Crippen LogP contribution in [0.3, 0.4) is 0 Å². The fourth-order valence-electron chi connectivity index (χ4n) is 0.679. The predicted octanol–water partition coefficient (Wildman–Crippen LogP) is 2.03. The summed E-state index contributed by atoms with van der Waals surface area (Å²) in [4.78, 5) is 15.0. The average Bonchev–Trinajstić information content (AvgIpc) is 2.34. The average molecular weight is 200 g/mol. The van der Waals surface area contributed by atoms with Gasteiger partial charge in [0.1, 0.15) is 0 Å². The number of rotatable bonds is 1. The maximum absolute atomic E-state index is 11.2. The van der Waals surface area contributed by atoms with Gasteiger partial charge in [-0.15, -0.1) is 11.3 Å². The van der Waals surface area contributed by atoms with Crippen LogP contribution in [0.5, 0.6) is 5.88 Å². The molecule has 1 amide bonds. The molecule has 0 saturated carbocycles. The monoisotopic (exact) mass is 200 g/mol. The van der Waals surface area contributed by atoms with Gasteiger partial charge in [-0.1, -0.05) is 0 Å². The Morgan fingerprint density at radius 3 is 2.77 bits per heavy atom. The molecular weight excluding hydrogens is 188 g/mol. The normalized spacial score (nSPS) is 11.0. The molecule has 0 radical (unpaired) electrons. The van der Waals surface area contributed by atoms with Crippen LogP contribution in [0.4, 0.5) is 4.79 Å². The van der Waals surface area contributed by atoms with E-state index in [1.165, 1.54) is 11.3 Å². The highest BCUT2D eigenvalue weighted by atomic mass is 32.1. The molecule has 1 aromatic heterocycles. The quantitative estimate of drug-likeness (QED) is 0.754. The highest BCUT2D eigenvalue weighted by molar-refractivity contribution is 7.07. The van der Waals surface area contributed by atoms with E-state index in [0.29, 0.717) is 5.88 Å². The third-order valence-corrected chi connectivity index (χ3v) is 1.65. The number of hydrogen-bond acceptors (Lipinski definition) is 4. The molecule has 1 N–H and O–H groups in total. The van der Waals surface area contributed by atoms with Gasteiger partial charge in [-0.25, -0.2) is 9.78 Å². The first-order chi connectivity index (χ1) is 5.97. The van der Waals surface area contributed by atoms with Gasteiger partial charge < -0.3 is 10.1 Å². The Morgan fingerprint density at radius 1 is 1.62 bits per heavy atom. The van der Waals surface area contributed by atoms with E-state index < -0.39 is 6.09 Å². The SMILES string of the molecule is CC(C)(C)NC(=O)Oc1cscn1. The molecule has 0 unspecified atom stereocenters. The van der Waals surface area contributed by atoms with Gasteiger partial charge in [-0.05, 0) is 20.8 Å². The van der Waals surface area contributed by atoms with Gasteiger partial charge in [0.2, 0.25) is 5.88 Å². The van der Waals surface area contributed by atoms with Crippen LogP contribution in [-0.4, -0.2) is 16.6 Å². The predicted molar refractivity (Wildman–Crippen MR) is 51.0 cm³/mol. The molecule has 1 heterocycles. The minimum Gasteiger partial charge on any atom is -0.390 e. The second kappa shape index (κ2) is 3.74. The van der Waals surface area contributed by atoms with Crippen molar-refractivity contribution in [2.75, 3.05) is 0 Å². The molecule has 72 valence electrons. The zero-order valence-electron chi connectivity index (χ0n) is 7.83. The number of amides is 1. The van der Waals surface area contributed by atoms with Crippen molar-refractivity contribution in [1.82, 2.24) is 10.3 Å².